The summed E-state index contributed by atoms with van der Waals surface area (Å²) < 4.78 is 8.11. The van der Waals surface area contributed by atoms with Crippen LogP contribution in [0.1, 0.15) is 32.9 Å². The van der Waals surface area contributed by atoms with Crippen molar-refractivity contribution in [1.29, 1.82) is 0 Å². The van der Waals surface area contributed by atoms with Crippen LogP contribution >= 0.6 is 0 Å². The van der Waals surface area contributed by atoms with Crippen LogP contribution in [0, 0.1) is 5.92 Å². The van der Waals surface area contributed by atoms with E-state index in [-0.39, 0.29) is 6.23 Å². The Morgan fingerprint density at radius 1 is 1.42 bits per heavy atom. The fraction of sp³-hybridized carbons (Fsp3) is 0.615. The third kappa shape index (κ3) is 1.96. The number of anilines is 1. The van der Waals surface area contributed by atoms with E-state index < -0.39 is 0 Å². The van der Waals surface area contributed by atoms with Gasteiger partial charge in [-0.3, -0.25) is 4.57 Å². The van der Waals surface area contributed by atoms with Gasteiger partial charge < -0.3 is 10.1 Å². The van der Waals surface area contributed by atoms with Gasteiger partial charge in [0.2, 0.25) is 0 Å². The molecule has 1 aliphatic rings. The van der Waals surface area contributed by atoms with Crippen LogP contribution in [-0.2, 0) is 4.74 Å². The monoisotopic (exact) mass is 261 g/mol. The first-order valence-electron chi connectivity index (χ1n) is 6.75. The summed E-state index contributed by atoms with van der Waals surface area (Å²) in [5.74, 6) is 1.32. The van der Waals surface area contributed by atoms with Crippen molar-refractivity contribution in [3.05, 3.63) is 12.7 Å². The average Bonchev–Trinajstić information content (AvgIpc) is 3.01. The average molecular weight is 261 g/mol. The van der Waals surface area contributed by atoms with E-state index in [0.29, 0.717) is 12.0 Å². The molecule has 0 saturated carbocycles. The highest BCUT2D eigenvalue weighted by molar-refractivity contribution is 5.82. The van der Waals surface area contributed by atoms with Crippen molar-refractivity contribution in [2.45, 2.75) is 39.0 Å². The molecule has 1 saturated heterocycles. The first-order chi connectivity index (χ1) is 9.24. The van der Waals surface area contributed by atoms with Gasteiger partial charge in [-0.15, -0.1) is 0 Å². The highest BCUT2D eigenvalue weighted by atomic mass is 16.5. The minimum atomic E-state index is 0.0320. The van der Waals surface area contributed by atoms with E-state index in [9.17, 15) is 0 Å². The molecule has 0 unspecified atom stereocenters. The molecule has 0 aromatic carbocycles. The van der Waals surface area contributed by atoms with E-state index in [1.54, 1.807) is 12.7 Å². The van der Waals surface area contributed by atoms with Crippen molar-refractivity contribution in [3.63, 3.8) is 0 Å². The molecular formula is C13H19N5O. The third-order valence-electron chi connectivity index (χ3n) is 3.85. The molecule has 6 nitrogen and oxygen atoms in total. The molecule has 2 aromatic heterocycles. The summed E-state index contributed by atoms with van der Waals surface area (Å²) in [6.45, 7) is 4.40. The largest absolute Gasteiger partial charge is 0.371 e. The van der Waals surface area contributed by atoms with Crippen molar-refractivity contribution < 1.29 is 4.74 Å². The summed E-state index contributed by atoms with van der Waals surface area (Å²) in [6, 6.07) is 0. The van der Waals surface area contributed by atoms with Gasteiger partial charge in [0.05, 0.1) is 12.4 Å². The van der Waals surface area contributed by atoms with Crippen LogP contribution in [0.2, 0.25) is 0 Å². The van der Waals surface area contributed by atoms with Crippen molar-refractivity contribution in [1.82, 2.24) is 19.5 Å². The standard InChI is InChI=1S/C13H19N5O/c1-4-9-8(2)5-10(19-9)18-7-17-11-12(14-3)15-6-16-13(11)18/h6-10H,4-5H2,1-3H3,(H,14,15,16)/t8-,9-,10-/m1/s1. The summed E-state index contributed by atoms with van der Waals surface area (Å²) in [6.07, 6.45) is 5.76. The molecule has 3 atom stereocenters. The number of aromatic nitrogens is 4. The minimum absolute atomic E-state index is 0.0320. The quantitative estimate of drug-likeness (QED) is 0.917. The number of rotatable bonds is 3. The molecule has 3 heterocycles. The van der Waals surface area contributed by atoms with E-state index in [0.717, 1.165) is 29.8 Å². The fourth-order valence-corrected chi connectivity index (χ4v) is 2.78. The van der Waals surface area contributed by atoms with Gasteiger partial charge in [-0.1, -0.05) is 13.8 Å². The Bertz CT molecular complexity index is 581. The second-order valence-electron chi connectivity index (χ2n) is 5.05. The van der Waals surface area contributed by atoms with Gasteiger partial charge in [-0.2, -0.15) is 0 Å². The van der Waals surface area contributed by atoms with E-state index in [4.69, 9.17) is 4.74 Å². The lowest BCUT2D eigenvalue weighted by Gasteiger charge is -2.14. The highest BCUT2D eigenvalue weighted by Gasteiger charge is 2.33. The highest BCUT2D eigenvalue weighted by Crippen LogP contribution is 2.36. The Kier molecular flexibility index (Phi) is 3.10. The molecule has 0 aliphatic carbocycles. The molecule has 102 valence electrons. The van der Waals surface area contributed by atoms with Crippen LogP contribution < -0.4 is 5.32 Å². The van der Waals surface area contributed by atoms with E-state index in [1.165, 1.54) is 0 Å². The third-order valence-corrected chi connectivity index (χ3v) is 3.85. The van der Waals surface area contributed by atoms with Gasteiger partial charge in [-0.25, -0.2) is 15.0 Å². The summed E-state index contributed by atoms with van der Waals surface area (Å²) in [5.41, 5.74) is 1.62. The molecule has 2 aromatic rings. The Labute approximate surface area is 112 Å². The number of hydrogen-bond acceptors (Lipinski definition) is 5. The molecule has 1 aliphatic heterocycles. The van der Waals surface area contributed by atoms with Crippen LogP contribution in [0.4, 0.5) is 5.82 Å². The summed E-state index contributed by atoms with van der Waals surface area (Å²) >= 11 is 0. The van der Waals surface area contributed by atoms with E-state index in [2.05, 4.69) is 34.1 Å². The molecule has 1 fully saturated rings. The van der Waals surface area contributed by atoms with Crippen LogP contribution in [-0.4, -0.2) is 32.7 Å². The van der Waals surface area contributed by atoms with Crippen molar-refractivity contribution >= 4 is 17.0 Å². The number of nitrogens with zero attached hydrogens (tertiary/aromatic N) is 4. The topological polar surface area (TPSA) is 64.9 Å². The second kappa shape index (κ2) is 4.77. The molecular weight excluding hydrogens is 242 g/mol. The smallest absolute Gasteiger partial charge is 0.167 e. The number of fused-ring (bicyclic) bond motifs is 1. The van der Waals surface area contributed by atoms with Crippen molar-refractivity contribution in [3.8, 4) is 0 Å². The molecule has 0 amide bonds. The number of ether oxygens (including phenoxy) is 1. The summed E-state index contributed by atoms with van der Waals surface area (Å²) in [5, 5.41) is 3.03. The number of hydrogen-bond donors (Lipinski definition) is 1. The maximum absolute atomic E-state index is 6.09. The van der Waals surface area contributed by atoms with Gasteiger partial charge in [0.25, 0.3) is 0 Å². The summed E-state index contributed by atoms with van der Waals surface area (Å²) in [7, 11) is 1.84. The molecule has 19 heavy (non-hydrogen) atoms. The summed E-state index contributed by atoms with van der Waals surface area (Å²) in [4.78, 5) is 12.9. The van der Waals surface area contributed by atoms with Crippen LogP contribution in [0.5, 0.6) is 0 Å². The maximum atomic E-state index is 6.09. The molecule has 0 radical (unpaired) electrons. The Morgan fingerprint density at radius 2 is 2.26 bits per heavy atom. The Hall–Kier alpha value is -1.69. The first kappa shape index (κ1) is 12.3. The van der Waals surface area contributed by atoms with Gasteiger partial charge >= 0.3 is 0 Å². The van der Waals surface area contributed by atoms with Crippen LogP contribution in [0.15, 0.2) is 12.7 Å². The lowest BCUT2D eigenvalue weighted by molar-refractivity contribution is -0.00304. The molecule has 3 rings (SSSR count). The molecule has 1 N–H and O–H groups in total. The maximum Gasteiger partial charge on any atom is 0.167 e. The van der Waals surface area contributed by atoms with Gasteiger partial charge in [0.1, 0.15) is 18.1 Å². The second-order valence-corrected chi connectivity index (χ2v) is 5.05. The van der Waals surface area contributed by atoms with Crippen molar-refractivity contribution in [2.75, 3.05) is 12.4 Å². The number of imidazole rings is 1. The SMILES string of the molecule is CC[C@H]1O[C@@H](n2cnc3c(NC)ncnc32)C[C@H]1C. The zero-order valence-electron chi connectivity index (χ0n) is 11.5. The van der Waals surface area contributed by atoms with Crippen LogP contribution in [0.25, 0.3) is 11.2 Å². The molecule has 0 spiro atoms. The van der Waals surface area contributed by atoms with E-state index in [1.807, 2.05) is 11.6 Å². The molecule has 6 heteroatoms. The predicted octanol–water partition coefficient (Wildman–Crippen LogP) is 2.20. The van der Waals surface area contributed by atoms with Crippen molar-refractivity contribution in [2.24, 2.45) is 5.92 Å². The predicted molar refractivity (Wildman–Crippen MR) is 72.9 cm³/mol. The fourth-order valence-electron chi connectivity index (χ4n) is 2.78. The zero-order chi connectivity index (χ0) is 13.4. The minimum Gasteiger partial charge on any atom is -0.371 e. The van der Waals surface area contributed by atoms with Gasteiger partial charge in [0.15, 0.2) is 11.5 Å². The first-order valence-corrected chi connectivity index (χ1v) is 6.75. The Balaban J connectivity index is 1.98. The Morgan fingerprint density at radius 3 is 2.95 bits per heavy atom. The van der Waals surface area contributed by atoms with E-state index >= 15 is 0 Å². The zero-order valence-corrected chi connectivity index (χ0v) is 11.5. The van der Waals surface area contributed by atoms with Gasteiger partial charge in [-0.05, 0) is 18.8 Å². The van der Waals surface area contributed by atoms with Gasteiger partial charge in [0, 0.05) is 7.05 Å². The molecule has 0 bridgehead atoms. The lowest BCUT2D eigenvalue weighted by atomic mass is 10.0. The number of nitrogens with one attached hydrogen (secondary N) is 1. The lowest BCUT2D eigenvalue weighted by Crippen LogP contribution is -2.12. The van der Waals surface area contributed by atoms with Crippen LogP contribution in [0.3, 0.4) is 0 Å². The normalized spacial score (nSPS) is 27.0.